The van der Waals surface area contributed by atoms with Crippen LogP contribution in [0.25, 0.3) is 22.0 Å². The van der Waals surface area contributed by atoms with Crippen LogP contribution in [-0.4, -0.2) is 73.2 Å². The molecular weight excluding hydrogens is 571 g/mol. The molecule has 1 aliphatic rings. The highest BCUT2D eigenvalue weighted by Crippen LogP contribution is 2.28. The fraction of sp³-hybridized carbons (Fsp3) is 0.269. The first kappa shape index (κ1) is 26.4. The number of benzene rings is 1. The SMILES string of the molecule is CNC(=O)c1nn(CC(=O)N2C[C@H](F)C[C@H]2C(=O)Nc2cccc(Br)n2)c2ccc(-c3cnc(C)nc3)cc12. The lowest BCUT2D eigenvalue weighted by molar-refractivity contribution is -0.137. The van der Waals surface area contributed by atoms with Gasteiger partial charge in [-0.25, -0.2) is 19.3 Å². The Labute approximate surface area is 231 Å². The fourth-order valence-corrected chi connectivity index (χ4v) is 4.87. The van der Waals surface area contributed by atoms with Gasteiger partial charge in [0.25, 0.3) is 5.91 Å². The Morgan fingerprint density at radius 3 is 2.62 bits per heavy atom. The van der Waals surface area contributed by atoms with E-state index >= 15 is 0 Å². The van der Waals surface area contributed by atoms with Gasteiger partial charge in [-0.1, -0.05) is 12.1 Å². The molecule has 0 bridgehead atoms. The number of halogens is 2. The number of nitrogens with one attached hydrogen (secondary N) is 2. The van der Waals surface area contributed by atoms with Crippen LogP contribution in [-0.2, 0) is 16.1 Å². The van der Waals surface area contributed by atoms with Gasteiger partial charge in [-0.2, -0.15) is 5.10 Å². The molecule has 5 rings (SSSR count). The maximum absolute atomic E-state index is 14.4. The van der Waals surface area contributed by atoms with E-state index in [0.29, 0.717) is 21.3 Å². The largest absolute Gasteiger partial charge is 0.354 e. The topological polar surface area (TPSA) is 135 Å². The molecule has 3 amide bonds. The maximum atomic E-state index is 14.4. The Morgan fingerprint density at radius 1 is 1.13 bits per heavy atom. The van der Waals surface area contributed by atoms with Crippen LogP contribution in [0.15, 0.2) is 53.4 Å². The third-order valence-electron chi connectivity index (χ3n) is 6.43. The van der Waals surface area contributed by atoms with Gasteiger partial charge in [0.15, 0.2) is 5.69 Å². The molecule has 0 radical (unpaired) electrons. The molecule has 1 fully saturated rings. The standard InChI is InChI=1S/C26H24BrFN8O3/c1-14-30-10-16(11-31-14)15-6-7-19-18(8-15)24(26(39)29-2)34-36(19)13-23(37)35-12-17(28)9-20(35)25(38)33-22-5-3-4-21(27)32-22/h3-8,10-11,17,20H,9,12-13H2,1-2H3,(H,29,39)(H,32,33,38)/t17-,20+/m1/s1. The number of aromatic nitrogens is 5. The van der Waals surface area contributed by atoms with Crippen molar-refractivity contribution in [3.8, 4) is 11.1 Å². The summed E-state index contributed by atoms with van der Waals surface area (Å²) < 4.78 is 16.4. The molecule has 4 aromatic rings. The van der Waals surface area contributed by atoms with E-state index in [-0.39, 0.29) is 31.0 Å². The highest BCUT2D eigenvalue weighted by Gasteiger charge is 2.40. The van der Waals surface area contributed by atoms with E-state index in [2.05, 4.69) is 46.6 Å². The highest BCUT2D eigenvalue weighted by atomic mass is 79.9. The molecule has 0 unspecified atom stereocenters. The van der Waals surface area contributed by atoms with E-state index in [4.69, 9.17) is 0 Å². The molecule has 0 spiro atoms. The van der Waals surface area contributed by atoms with E-state index in [9.17, 15) is 18.8 Å². The summed E-state index contributed by atoms with van der Waals surface area (Å²) in [6.07, 6.45) is 1.89. The van der Waals surface area contributed by atoms with Crippen molar-refractivity contribution in [1.82, 2.24) is 34.9 Å². The molecule has 11 nitrogen and oxygen atoms in total. The van der Waals surface area contributed by atoms with Crippen LogP contribution < -0.4 is 10.6 Å². The molecular formula is C26H24BrFN8O3. The second kappa shape index (κ2) is 10.8. The normalized spacial score (nSPS) is 16.9. The fourth-order valence-electron chi connectivity index (χ4n) is 4.52. The lowest BCUT2D eigenvalue weighted by atomic mass is 10.1. The lowest BCUT2D eigenvalue weighted by Gasteiger charge is -2.23. The molecule has 1 saturated heterocycles. The van der Waals surface area contributed by atoms with Crippen molar-refractivity contribution in [3.63, 3.8) is 0 Å². The van der Waals surface area contributed by atoms with Crippen molar-refractivity contribution < 1.29 is 18.8 Å². The minimum Gasteiger partial charge on any atom is -0.354 e. The van der Waals surface area contributed by atoms with E-state index in [1.54, 1.807) is 49.6 Å². The van der Waals surface area contributed by atoms with E-state index in [1.807, 2.05) is 6.07 Å². The lowest BCUT2D eigenvalue weighted by Crippen LogP contribution is -2.44. The molecule has 200 valence electrons. The molecule has 1 aromatic carbocycles. The van der Waals surface area contributed by atoms with E-state index < -0.39 is 29.9 Å². The van der Waals surface area contributed by atoms with Crippen LogP contribution in [0.5, 0.6) is 0 Å². The number of amides is 3. The average molecular weight is 595 g/mol. The quantitative estimate of drug-likeness (QED) is 0.328. The number of hydrogen-bond acceptors (Lipinski definition) is 7. The van der Waals surface area contributed by atoms with Gasteiger partial charge in [-0.3, -0.25) is 19.1 Å². The number of pyridine rings is 1. The number of anilines is 1. The number of fused-ring (bicyclic) bond motifs is 1. The molecule has 39 heavy (non-hydrogen) atoms. The summed E-state index contributed by atoms with van der Waals surface area (Å²) in [5.74, 6) is -0.536. The van der Waals surface area contributed by atoms with Gasteiger partial charge in [0.1, 0.15) is 35.0 Å². The zero-order chi connectivity index (χ0) is 27.7. The smallest absolute Gasteiger partial charge is 0.272 e. The van der Waals surface area contributed by atoms with Crippen LogP contribution in [0, 0.1) is 6.92 Å². The van der Waals surface area contributed by atoms with Gasteiger partial charge in [0, 0.05) is 36.8 Å². The predicted molar refractivity (Wildman–Crippen MR) is 144 cm³/mol. The number of likely N-dealkylation sites (tertiary alicyclic amines) is 1. The minimum atomic E-state index is -1.35. The van der Waals surface area contributed by atoms with Crippen molar-refractivity contribution in [2.45, 2.75) is 32.1 Å². The average Bonchev–Trinajstić information content (AvgIpc) is 3.49. The van der Waals surface area contributed by atoms with Crippen molar-refractivity contribution in [2.24, 2.45) is 0 Å². The zero-order valence-corrected chi connectivity index (χ0v) is 22.6. The van der Waals surface area contributed by atoms with Crippen LogP contribution in [0.4, 0.5) is 10.2 Å². The second-order valence-corrected chi connectivity index (χ2v) is 9.88. The molecule has 2 N–H and O–H groups in total. The first-order chi connectivity index (χ1) is 18.7. The van der Waals surface area contributed by atoms with Gasteiger partial charge in [0.05, 0.1) is 12.1 Å². The van der Waals surface area contributed by atoms with Crippen LogP contribution >= 0.6 is 15.9 Å². The Morgan fingerprint density at radius 2 is 1.90 bits per heavy atom. The van der Waals surface area contributed by atoms with Crippen LogP contribution in [0.1, 0.15) is 22.7 Å². The summed E-state index contributed by atoms with van der Waals surface area (Å²) in [6, 6.07) is 9.36. The first-order valence-electron chi connectivity index (χ1n) is 12.1. The number of carbonyl (C=O) groups is 3. The molecule has 0 aliphatic carbocycles. The summed E-state index contributed by atoms with van der Waals surface area (Å²) in [5, 5.41) is 10.2. The Bertz CT molecular complexity index is 1580. The zero-order valence-electron chi connectivity index (χ0n) is 21.1. The van der Waals surface area contributed by atoms with Crippen molar-refractivity contribution in [1.29, 1.82) is 0 Å². The maximum Gasteiger partial charge on any atom is 0.272 e. The van der Waals surface area contributed by atoms with E-state index in [1.165, 1.54) is 16.6 Å². The monoisotopic (exact) mass is 594 g/mol. The molecule has 13 heteroatoms. The van der Waals surface area contributed by atoms with E-state index in [0.717, 1.165) is 11.1 Å². The number of aryl methyl sites for hydroxylation is 1. The Hall–Kier alpha value is -4.26. The molecule has 3 aromatic heterocycles. The Kier molecular flexibility index (Phi) is 7.33. The first-order valence-corrected chi connectivity index (χ1v) is 12.9. The number of alkyl halides is 1. The Balaban J connectivity index is 1.42. The third-order valence-corrected chi connectivity index (χ3v) is 6.87. The van der Waals surface area contributed by atoms with Crippen LogP contribution in [0.2, 0.25) is 0 Å². The van der Waals surface area contributed by atoms with Crippen LogP contribution in [0.3, 0.4) is 0 Å². The van der Waals surface area contributed by atoms with Gasteiger partial charge in [-0.05, 0) is 52.7 Å². The molecule has 1 aliphatic heterocycles. The summed E-state index contributed by atoms with van der Waals surface area (Å²) in [4.78, 5) is 52.8. The second-order valence-electron chi connectivity index (χ2n) is 9.07. The summed E-state index contributed by atoms with van der Waals surface area (Å²) in [6.45, 7) is 1.28. The summed E-state index contributed by atoms with van der Waals surface area (Å²) >= 11 is 3.24. The predicted octanol–water partition coefficient (Wildman–Crippen LogP) is 2.90. The van der Waals surface area contributed by atoms with Crippen molar-refractivity contribution >= 4 is 50.4 Å². The number of nitrogens with zero attached hydrogens (tertiary/aromatic N) is 6. The highest BCUT2D eigenvalue weighted by molar-refractivity contribution is 9.10. The van der Waals surface area contributed by atoms with Gasteiger partial charge in [0.2, 0.25) is 11.8 Å². The molecule has 0 saturated carbocycles. The van der Waals surface area contributed by atoms with Gasteiger partial charge >= 0.3 is 0 Å². The molecule has 2 atom stereocenters. The number of hydrogen-bond donors (Lipinski definition) is 2. The third kappa shape index (κ3) is 5.48. The minimum absolute atomic E-state index is 0.128. The number of rotatable bonds is 6. The number of carbonyl (C=O) groups excluding carboxylic acids is 3. The summed E-state index contributed by atoms with van der Waals surface area (Å²) in [5.41, 5.74) is 2.20. The van der Waals surface area contributed by atoms with Gasteiger partial charge in [-0.15, -0.1) is 0 Å². The van der Waals surface area contributed by atoms with Gasteiger partial charge < -0.3 is 15.5 Å². The van der Waals surface area contributed by atoms with Crippen molar-refractivity contribution in [3.05, 3.63) is 64.9 Å². The molecule has 4 heterocycles. The van der Waals surface area contributed by atoms with Crippen molar-refractivity contribution in [2.75, 3.05) is 18.9 Å². The summed E-state index contributed by atoms with van der Waals surface area (Å²) in [7, 11) is 1.49.